The first-order valence-electron chi connectivity index (χ1n) is 7.52. The molecule has 0 saturated heterocycles. The van der Waals surface area contributed by atoms with Gasteiger partial charge >= 0.3 is 13.2 Å². The summed E-state index contributed by atoms with van der Waals surface area (Å²) in [5.41, 5.74) is -0.485. The number of carbonyl (C=O) groups excluding carboxylic acids is 1. The third kappa shape index (κ3) is 8.14. The molecule has 0 aliphatic rings. The molecule has 0 saturated carbocycles. The SMILES string of the molecule is CC(C)(C)OC(=O)NCCOCCOc1cc(F)ccc1B(O)O. The Balaban J connectivity index is 2.21. The van der Waals surface area contributed by atoms with Crippen molar-refractivity contribution in [1.82, 2.24) is 5.32 Å². The van der Waals surface area contributed by atoms with Crippen molar-refractivity contribution in [3.8, 4) is 5.75 Å². The number of carbonyl (C=O) groups is 1. The average Bonchev–Trinajstić information content (AvgIpc) is 2.44. The summed E-state index contributed by atoms with van der Waals surface area (Å²) in [5, 5.41) is 20.9. The minimum atomic E-state index is -1.75. The summed E-state index contributed by atoms with van der Waals surface area (Å²) in [6.07, 6.45) is -0.524. The summed E-state index contributed by atoms with van der Waals surface area (Å²) in [5.74, 6) is -0.502. The van der Waals surface area contributed by atoms with Crippen molar-refractivity contribution in [3.63, 3.8) is 0 Å². The second kappa shape index (κ2) is 9.46. The van der Waals surface area contributed by atoms with Gasteiger partial charge in [-0.1, -0.05) is 6.07 Å². The van der Waals surface area contributed by atoms with Crippen molar-refractivity contribution in [2.45, 2.75) is 26.4 Å². The normalized spacial score (nSPS) is 11.1. The molecule has 1 aromatic rings. The van der Waals surface area contributed by atoms with Crippen molar-refractivity contribution in [2.24, 2.45) is 0 Å². The fraction of sp³-hybridized carbons (Fsp3) is 0.533. The van der Waals surface area contributed by atoms with E-state index in [4.69, 9.17) is 14.2 Å². The fourth-order valence-electron chi connectivity index (χ4n) is 1.70. The molecule has 0 fully saturated rings. The van der Waals surface area contributed by atoms with Crippen LogP contribution in [0.4, 0.5) is 9.18 Å². The van der Waals surface area contributed by atoms with E-state index in [0.717, 1.165) is 12.1 Å². The van der Waals surface area contributed by atoms with Gasteiger partial charge in [0.1, 0.15) is 23.8 Å². The topological polar surface area (TPSA) is 97.3 Å². The molecule has 1 rings (SSSR count). The Morgan fingerprint density at radius 3 is 2.58 bits per heavy atom. The molecule has 0 spiro atoms. The maximum atomic E-state index is 13.2. The first kappa shape index (κ1) is 20.2. The van der Waals surface area contributed by atoms with Gasteiger partial charge in [0, 0.05) is 18.1 Å². The van der Waals surface area contributed by atoms with E-state index in [2.05, 4.69) is 5.32 Å². The van der Waals surface area contributed by atoms with Crippen molar-refractivity contribution in [3.05, 3.63) is 24.0 Å². The number of halogens is 1. The van der Waals surface area contributed by atoms with Crippen molar-refractivity contribution in [2.75, 3.05) is 26.4 Å². The van der Waals surface area contributed by atoms with Crippen LogP contribution in [0.3, 0.4) is 0 Å². The third-order valence-corrected chi connectivity index (χ3v) is 2.65. The van der Waals surface area contributed by atoms with E-state index in [0.29, 0.717) is 0 Å². The Labute approximate surface area is 140 Å². The number of rotatable bonds is 8. The maximum Gasteiger partial charge on any atom is 0.492 e. The van der Waals surface area contributed by atoms with Crippen LogP contribution in [0.5, 0.6) is 5.75 Å². The Bertz CT molecular complexity index is 535. The number of ether oxygens (including phenoxy) is 3. The molecule has 134 valence electrons. The van der Waals surface area contributed by atoms with E-state index in [-0.39, 0.29) is 37.6 Å². The van der Waals surface area contributed by atoms with Gasteiger partial charge in [-0.15, -0.1) is 0 Å². The van der Waals surface area contributed by atoms with Gasteiger partial charge in [0.05, 0.1) is 13.2 Å². The van der Waals surface area contributed by atoms with Gasteiger partial charge in [-0.25, -0.2) is 9.18 Å². The molecule has 0 bridgehead atoms. The van der Waals surface area contributed by atoms with Crippen molar-refractivity contribution < 1.29 is 33.4 Å². The summed E-state index contributed by atoms with van der Waals surface area (Å²) >= 11 is 0. The molecule has 0 aliphatic carbocycles. The van der Waals surface area contributed by atoms with Gasteiger partial charge in [-0.05, 0) is 26.8 Å². The Morgan fingerprint density at radius 1 is 1.25 bits per heavy atom. The lowest BCUT2D eigenvalue weighted by atomic mass is 9.79. The summed E-state index contributed by atoms with van der Waals surface area (Å²) in [6, 6.07) is 3.42. The fourth-order valence-corrected chi connectivity index (χ4v) is 1.70. The lowest BCUT2D eigenvalue weighted by Crippen LogP contribution is -2.34. The van der Waals surface area contributed by atoms with Crippen LogP contribution in [0.25, 0.3) is 0 Å². The molecule has 0 unspecified atom stereocenters. The molecule has 0 heterocycles. The first-order valence-corrected chi connectivity index (χ1v) is 7.52. The first-order chi connectivity index (χ1) is 11.2. The van der Waals surface area contributed by atoms with Crippen LogP contribution in [0.2, 0.25) is 0 Å². The van der Waals surface area contributed by atoms with E-state index in [1.165, 1.54) is 6.07 Å². The van der Waals surface area contributed by atoms with Crippen molar-refractivity contribution >= 4 is 18.7 Å². The summed E-state index contributed by atoms with van der Waals surface area (Å²) in [7, 11) is -1.75. The number of hydrogen-bond donors (Lipinski definition) is 3. The molecular weight excluding hydrogens is 320 g/mol. The molecule has 0 aliphatic heterocycles. The average molecular weight is 343 g/mol. The van der Waals surface area contributed by atoms with Gasteiger partial charge < -0.3 is 29.6 Å². The second-order valence-corrected chi connectivity index (χ2v) is 5.95. The highest BCUT2D eigenvalue weighted by atomic mass is 19.1. The highest BCUT2D eigenvalue weighted by molar-refractivity contribution is 6.59. The number of amides is 1. The van der Waals surface area contributed by atoms with Crippen LogP contribution in [0, 0.1) is 5.82 Å². The largest absolute Gasteiger partial charge is 0.492 e. The van der Waals surface area contributed by atoms with Crippen LogP contribution < -0.4 is 15.5 Å². The van der Waals surface area contributed by atoms with E-state index in [9.17, 15) is 19.2 Å². The third-order valence-electron chi connectivity index (χ3n) is 2.65. The van der Waals surface area contributed by atoms with Crippen LogP contribution in [-0.4, -0.2) is 55.2 Å². The predicted octanol–water partition coefficient (Wildman–Crippen LogP) is 0.426. The zero-order chi connectivity index (χ0) is 18.2. The summed E-state index contributed by atoms with van der Waals surface area (Å²) < 4.78 is 28.7. The number of benzene rings is 1. The smallest absolute Gasteiger partial charge is 0.491 e. The maximum absolute atomic E-state index is 13.2. The summed E-state index contributed by atoms with van der Waals surface area (Å²) in [6.45, 7) is 6.11. The molecule has 0 aromatic heterocycles. The van der Waals surface area contributed by atoms with Crippen LogP contribution in [0.1, 0.15) is 20.8 Å². The highest BCUT2D eigenvalue weighted by Gasteiger charge is 2.18. The van der Waals surface area contributed by atoms with E-state index in [1.807, 2.05) is 0 Å². The molecule has 7 nitrogen and oxygen atoms in total. The van der Waals surface area contributed by atoms with Crippen LogP contribution in [-0.2, 0) is 9.47 Å². The highest BCUT2D eigenvalue weighted by Crippen LogP contribution is 2.10. The van der Waals surface area contributed by atoms with Crippen LogP contribution in [0.15, 0.2) is 18.2 Å². The van der Waals surface area contributed by atoms with Gasteiger partial charge in [-0.3, -0.25) is 0 Å². The molecule has 9 heteroatoms. The number of nitrogens with one attached hydrogen (secondary N) is 1. The predicted molar refractivity (Wildman–Crippen MR) is 86.8 cm³/mol. The van der Waals surface area contributed by atoms with Gasteiger partial charge in [0.25, 0.3) is 0 Å². The van der Waals surface area contributed by atoms with Gasteiger partial charge in [0.15, 0.2) is 0 Å². The quantitative estimate of drug-likeness (QED) is 0.468. The molecule has 3 N–H and O–H groups in total. The molecule has 1 amide bonds. The second-order valence-electron chi connectivity index (χ2n) is 5.95. The minimum Gasteiger partial charge on any atom is -0.491 e. The summed E-state index contributed by atoms with van der Waals surface area (Å²) in [4.78, 5) is 11.4. The standard InChI is InChI=1S/C15H23BFNO6/c1-15(2,3)24-14(19)18-6-7-22-8-9-23-13-10-11(17)4-5-12(13)16(20)21/h4-5,10,20-21H,6-9H2,1-3H3,(H,18,19). The van der Waals surface area contributed by atoms with E-state index < -0.39 is 24.6 Å². The monoisotopic (exact) mass is 343 g/mol. The van der Waals surface area contributed by atoms with Gasteiger partial charge in [0.2, 0.25) is 0 Å². The van der Waals surface area contributed by atoms with Gasteiger partial charge in [-0.2, -0.15) is 0 Å². The minimum absolute atomic E-state index is 0.0421. The Kier molecular flexibility index (Phi) is 7.96. The Hall–Kier alpha value is -1.84. The number of hydrogen-bond acceptors (Lipinski definition) is 6. The molecule has 0 radical (unpaired) electrons. The zero-order valence-corrected chi connectivity index (χ0v) is 14.0. The molecule has 1 aromatic carbocycles. The Morgan fingerprint density at radius 2 is 1.96 bits per heavy atom. The molecule has 24 heavy (non-hydrogen) atoms. The molecular formula is C15H23BFNO6. The lowest BCUT2D eigenvalue weighted by Gasteiger charge is -2.19. The van der Waals surface area contributed by atoms with E-state index in [1.54, 1.807) is 20.8 Å². The van der Waals surface area contributed by atoms with Crippen LogP contribution >= 0.6 is 0 Å². The number of alkyl carbamates (subject to hydrolysis) is 1. The van der Waals surface area contributed by atoms with Crippen molar-refractivity contribution in [1.29, 1.82) is 0 Å². The lowest BCUT2D eigenvalue weighted by molar-refractivity contribution is 0.0489. The zero-order valence-electron chi connectivity index (χ0n) is 14.0. The van der Waals surface area contributed by atoms with E-state index >= 15 is 0 Å². The molecule has 0 atom stereocenters.